The molecule has 0 aliphatic rings. The molecule has 324 valence electrons. The second kappa shape index (κ2) is 17.1. The van der Waals surface area contributed by atoms with Crippen molar-refractivity contribution in [3.63, 3.8) is 0 Å². The van der Waals surface area contributed by atoms with Gasteiger partial charge in [-0.2, -0.15) is 0 Å². The van der Waals surface area contributed by atoms with Gasteiger partial charge in [0.15, 0.2) is 0 Å². The van der Waals surface area contributed by atoms with Gasteiger partial charge in [-0.15, -0.1) is 0 Å². The molecule has 0 radical (unpaired) electrons. The minimum atomic E-state index is 0.0410. The molecule has 0 atom stereocenters. The Hall–Kier alpha value is -7.94. The lowest BCUT2D eigenvalue weighted by Crippen LogP contribution is -2.13. The SMILES string of the molecule is CC(C)c1ccc(N(c2ccc(C(C)(C)C)cc2)c2ccc3c(-c4ccc5ccccc5c4)c4cc(N(c5ccccc5)c5ccccc5)ccc4c(-c4ccc5ccccc5c4)c3c2)cc1. The van der Waals surface area contributed by atoms with E-state index in [1.165, 1.54) is 76.5 Å². The van der Waals surface area contributed by atoms with Crippen LogP contribution in [0.1, 0.15) is 51.7 Å². The van der Waals surface area contributed by atoms with Crippen LogP contribution in [-0.2, 0) is 5.41 Å². The Morgan fingerprint density at radius 1 is 0.313 bits per heavy atom. The summed E-state index contributed by atoms with van der Waals surface area (Å²) in [6, 6.07) is 85.4. The molecule has 2 nitrogen and oxygen atoms in total. The van der Waals surface area contributed by atoms with Gasteiger partial charge in [-0.25, -0.2) is 0 Å². The first-order chi connectivity index (χ1) is 32.7. The molecule has 0 aliphatic heterocycles. The maximum Gasteiger partial charge on any atom is 0.0468 e. The molecule has 0 spiro atoms. The van der Waals surface area contributed by atoms with Gasteiger partial charge in [-0.3, -0.25) is 0 Å². The molecular formula is C65H54N2. The molecule has 0 amide bonds. The summed E-state index contributed by atoms with van der Waals surface area (Å²) < 4.78 is 0. The van der Waals surface area contributed by atoms with Crippen molar-refractivity contribution in [1.82, 2.24) is 0 Å². The van der Waals surface area contributed by atoms with Gasteiger partial charge >= 0.3 is 0 Å². The van der Waals surface area contributed by atoms with Gasteiger partial charge in [0, 0.05) is 34.1 Å². The summed E-state index contributed by atoms with van der Waals surface area (Å²) in [4.78, 5) is 4.81. The molecule has 0 saturated carbocycles. The van der Waals surface area contributed by atoms with Crippen LogP contribution in [0.15, 0.2) is 231 Å². The van der Waals surface area contributed by atoms with Gasteiger partial charge in [0.2, 0.25) is 0 Å². The maximum atomic E-state index is 2.45. The zero-order valence-corrected chi connectivity index (χ0v) is 38.9. The van der Waals surface area contributed by atoms with Crippen LogP contribution in [0.5, 0.6) is 0 Å². The maximum absolute atomic E-state index is 2.45. The van der Waals surface area contributed by atoms with Crippen LogP contribution < -0.4 is 9.80 Å². The van der Waals surface area contributed by atoms with E-state index in [9.17, 15) is 0 Å². The van der Waals surface area contributed by atoms with Crippen molar-refractivity contribution in [3.05, 3.63) is 242 Å². The van der Waals surface area contributed by atoms with E-state index in [4.69, 9.17) is 0 Å². The largest absolute Gasteiger partial charge is 0.310 e. The van der Waals surface area contributed by atoms with E-state index in [-0.39, 0.29) is 5.41 Å². The predicted octanol–water partition coefficient (Wildman–Crippen LogP) is 19.0. The summed E-state index contributed by atoms with van der Waals surface area (Å²) in [5.74, 6) is 0.438. The lowest BCUT2D eigenvalue weighted by atomic mass is 9.84. The highest BCUT2D eigenvalue weighted by molar-refractivity contribution is 6.23. The van der Waals surface area contributed by atoms with E-state index in [0.717, 1.165) is 34.1 Å². The van der Waals surface area contributed by atoms with Crippen molar-refractivity contribution in [2.75, 3.05) is 9.80 Å². The van der Waals surface area contributed by atoms with Crippen LogP contribution in [0.3, 0.4) is 0 Å². The Kier molecular flexibility index (Phi) is 10.7. The fourth-order valence-electron chi connectivity index (χ4n) is 9.96. The fourth-order valence-corrected chi connectivity index (χ4v) is 9.96. The molecule has 67 heavy (non-hydrogen) atoms. The zero-order chi connectivity index (χ0) is 45.6. The highest BCUT2D eigenvalue weighted by atomic mass is 15.1. The van der Waals surface area contributed by atoms with E-state index in [0.29, 0.717) is 5.92 Å². The number of fused-ring (bicyclic) bond motifs is 4. The molecule has 0 aromatic heterocycles. The summed E-state index contributed by atoms with van der Waals surface area (Å²) in [7, 11) is 0. The number of anilines is 6. The second-order valence-electron chi connectivity index (χ2n) is 19.2. The van der Waals surface area contributed by atoms with E-state index >= 15 is 0 Å². The van der Waals surface area contributed by atoms with Crippen molar-refractivity contribution in [2.45, 2.75) is 46.0 Å². The first-order valence-corrected chi connectivity index (χ1v) is 23.6. The monoisotopic (exact) mass is 862 g/mol. The summed E-state index contributed by atoms with van der Waals surface area (Å²) in [6.07, 6.45) is 0. The van der Waals surface area contributed by atoms with Crippen LogP contribution in [0, 0.1) is 0 Å². The number of rotatable bonds is 9. The quantitative estimate of drug-likeness (QED) is 0.133. The third-order valence-electron chi connectivity index (χ3n) is 13.5. The Bertz CT molecular complexity index is 3530. The van der Waals surface area contributed by atoms with Crippen LogP contribution >= 0.6 is 0 Å². The van der Waals surface area contributed by atoms with Crippen molar-refractivity contribution >= 4 is 77.2 Å². The predicted molar refractivity (Wildman–Crippen MR) is 289 cm³/mol. The fraction of sp³-hybridized carbons (Fsp3) is 0.108. The molecule has 11 rings (SSSR count). The summed E-state index contributed by atoms with van der Waals surface area (Å²) in [5.41, 5.74) is 14.2. The second-order valence-corrected chi connectivity index (χ2v) is 19.2. The molecule has 0 bridgehead atoms. The molecule has 0 N–H and O–H groups in total. The van der Waals surface area contributed by atoms with E-state index in [2.05, 4.69) is 275 Å². The average molecular weight is 863 g/mol. The van der Waals surface area contributed by atoms with E-state index in [1.54, 1.807) is 0 Å². The van der Waals surface area contributed by atoms with E-state index < -0.39 is 0 Å². The Morgan fingerprint density at radius 3 is 1.10 bits per heavy atom. The number of hydrogen-bond acceptors (Lipinski definition) is 2. The molecule has 11 aromatic carbocycles. The van der Waals surface area contributed by atoms with Gasteiger partial charge in [0.1, 0.15) is 0 Å². The van der Waals surface area contributed by atoms with Gasteiger partial charge in [-0.05, 0) is 173 Å². The third-order valence-corrected chi connectivity index (χ3v) is 13.5. The third kappa shape index (κ3) is 7.89. The smallest absolute Gasteiger partial charge is 0.0468 e. The first-order valence-electron chi connectivity index (χ1n) is 23.6. The lowest BCUT2D eigenvalue weighted by molar-refractivity contribution is 0.590. The summed E-state index contributed by atoms with van der Waals surface area (Å²) in [6.45, 7) is 11.4. The first kappa shape index (κ1) is 41.7. The van der Waals surface area contributed by atoms with Crippen LogP contribution in [0.2, 0.25) is 0 Å². The Labute approximate surface area is 395 Å². The van der Waals surface area contributed by atoms with Crippen LogP contribution in [0.25, 0.3) is 65.3 Å². The van der Waals surface area contributed by atoms with Gasteiger partial charge < -0.3 is 9.80 Å². The van der Waals surface area contributed by atoms with Crippen LogP contribution in [-0.4, -0.2) is 0 Å². The standard InChI is InChI=1S/C65H54N2/c1-44(2)45-28-32-55(33-29-45)67(56-34-30-52(31-35-56)65(3,4)5)58-37-39-60-62(43-58)64(51-27-25-47-17-13-15-19-49(47)41-51)59-38-36-57(66(53-20-8-6-9-21-53)54-22-10-7-11-23-54)42-61(59)63(60)50-26-24-46-16-12-14-18-48(46)40-50/h6-44H,1-5H3. The van der Waals surface area contributed by atoms with Crippen molar-refractivity contribution in [3.8, 4) is 22.3 Å². The molecule has 11 aromatic rings. The summed E-state index contributed by atoms with van der Waals surface area (Å²) >= 11 is 0. The van der Waals surface area contributed by atoms with Crippen molar-refractivity contribution < 1.29 is 0 Å². The lowest BCUT2D eigenvalue weighted by Gasteiger charge is -2.29. The minimum absolute atomic E-state index is 0.0410. The minimum Gasteiger partial charge on any atom is -0.310 e. The van der Waals surface area contributed by atoms with Gasteiger partial charge in [0.05, 0.1) is 0 Å². The van der Waals surface area contributed by atoms with E-state index in [1.807, 2.05) is 0 Å². The number of para-hydroxylation sites is 2. The normalized spacial score (nSPS) is 11.8. The van der Waals surface area contributed by atoms with Gasteiger partial charge in [-0.1, -0.05) is 180 Å². The Balaban J connectivity index is 1.24. The van der Waals surface area contributed by atoms with Crippen LogP contribution in [0.4, 0.5) is 34.1 Å². The highest BCUT2D eigenvalue weighted by Crippen LogP contribution is 2.49. The molecule has 0 unspecified atom stereocenters. The molecule has 0 saturated heterocycles. The molecular weight excluding hydrogens is 809 g/mol. The van der Waals surface area contributed by atoms with Crippen molar-refractivity contribution in [2.24, 2.45) is 0 Å². The number of nitrogens with zero attached hydrogens (tertiary/aromatic N) is 2. The zero-order valence-electron chi connectivity index (χ0n) is 38.9. The van der Waals surface area contributed by atoms with Gasteiger partial charge in [0.25, 0.3) is 0 Å². The summed E-state index contributed by atoms with van der Waals surface area (Å²) in [5, 5.41) is 9.71. The molecule has 0 fully saturated rings. The molecule has 2 heteroatoms. The topological polar surface area (TPSA) is 6.48 Å². The van der Waals surface area contributed by atoms with Crippen molar-refractivity contribution in [1.29, 1.82) is 0 Å². The number of benzene rings is 11. The average Bonchev–Trinajstić information content (AvgIpc) is 3.36. The Morgan fingerprint density at radius 2 is 0.687 bits per heavy atom. The molecule has 0 aliphatic carbocycles. The highest BCUT2D eigenvalue weighted by Gasteiger charge is 2.23. The number of hydrogen-bond donors (Lipinski definition) is 0. The molecule has 0 heterocycles.